The molecule has 0 aliphatic heterocycles. The fraction of sp³-hybridized carbons (Fsp3) is 0.0769. The molecule has 0 unspecified atom stereocenters. The van der Waals surface area contributed by atoms with E-state index >= 15 is 0 Å². The fourth-order valence-corrected chi connectivity index (χ4v) is 1.49. The summed E-state index contributed by atoms with van der Waals surface area (Å²) in [6, 6.07) is 7.90. The Kier molecular flexibility index (Phi) is 2.77. The molecule has 0 spiro atoms. The molecule has 1 aromatic carbocycles. The number of rotatable bonds is 2. The molecule has 0 radical (unpaired) electrons. The number of benzene rings is 1. The van der Waals surface area contributed by atoms with Crippen LogP contribution in [0, 0.1) is 5.82 Å². The highest BCUT2D eigenvalue weighted by atomic mass is 19.1. The first-order chi connectivity index (χ1) is 7.66. The van der Waals surface area contributed by atoms with E-state index in [1.165, 1.54) is 19.1 Å². The number of aromatic nitrogens is 1. The van der Waals surface area contributed by atoms with Gasteiger partial charge >= 0.3 is 0 Å². The molecule has 0 bridgehead atoms. The molecular weight excluding hydrogens is 205 g/mol. The highest BCUT2D eigenvalue weighted by Crippen LogP contribution is 2.21. The van der Waals surface area contributed by atoms with E-state index in [9.17, 15) is 9.18 Å². The lowest BCUT2D eigenvalue weighted by Crippen LogP contribution is -1.94. The van der Waals surface area contributed by atoms with Crippen molar-refractivity contribution in [1.82, 2.24) is 4.98 Å². The Labute approximate surface area is 92.8 Å². The van der Waals surface area contributed by atoms with Gasteiger partial charge in [0.25, 0.3) is 0 Å². The Balaban J connectivity index is 2.54. The van der Waals surface area contributed by atoms with Crippen molar-refractivity contribution in [2.24, 2.45) is 0 Å². The number of halogens is 1. The molecule has 0 saturated heterocycles. The molecule has 2 nitrogen and oxygen atoms in total. The molecule has 1 aromatic heterocycles. The maximum absolute atomic E-state index is 13.3. The molecule has 2 aromatic rings. The second kappa shape index (κ2) is 4.23. The smallest absolute Gasteiger partial charge is 0.159 e. The number of nitrogens with zero attached hydrogens (tertiary/aromatic N) is 1. The Morgan fingerprint density at radius 2 is 2.06 bits per heavy atom. The van der Waals surface area contributed by atoms with E-state index in [1.807, 2.05) is 6.07 Å². The van der Waals surface area contributed by atoms with Gasteiger partial charge < -0.3 is 0 Å². The molecule has 0 aliphatic carbocycles. The first-order valence-corrected chi connectivity index (χ1v) is 4.89. The summed E-state index contributed by atoms with van der Waals surface area (Å²) in [4.78, 5) is 15.2. The molecule has 0 aliphatic rings. The van der Waals surface area contributed by atoms with Crippen LogP contribution in [0.2, 0.25) is 0 Å². The number of hydrogen-bond acceptors (Lipinski definition) is 2. The van der Waals surface area contributed by atoms with Gasteiger partial charge in [-0.3, -0.25) is 9.78 Å². The summed E-state index contributed by atoms with van der Waals surface area (Å²) in [5.41, 5.74) is 1.83. The van der Waals surface area contributed by atoms with Crippen LogP contribution in [0.5, 0.6) is 0 Å². The highest BCUT2D eigenvalue weighted by Gasteiger charge is 2.06. The van der Waals surface area contributed by atoms with E-state index < -0.39 is 5.82 Å². The predicted molar refractivity (Wildman–Crippen MR) is 59.6 cm³/mol. The average molecular weight is 215 g/mol. The van der Waals surface area contributed by atoms with Crippen molar-refractivity contribution >= 4 is 5.78 Å². The van der Waals surface area contributed by atoms with E-state index in [4.69, 9.17) is 0 Å². The molecule has 0 atom stereocenters. The van der Waals surface area contributed by atoms with Gasteiger partial charge in [-0.25, -0.2) is 4.39 Å². The van der Waals surface area contributed by atoms with E-state index in [0.717, 1.165) is 5.56 Å². The van der Waals surface area contributed by atoms with E-state index in [-0.39, 0.29) is 5.78 Å². The maximum atomic E-state index is 13.3. The number of pyridine rings is 1. The highest BCUT2D eigenvalue weighted by molar-refractivity contribution is 5.95. The summed E-state index contributed by atoms with van der Waals surface area (Å²) in [7, 11) is 0. The van der Waals surface area contributed by atoms with Gasteiger partial charge in [0.2, 0.25) is 0 Å². The lowest BCUT2D eigenvalue weighted by molar-refractivity contribution is 0.101. The van der Waals surface area contributed by atoms with Gasteiger partial charge in [0.15, 0.2) is 5.78 Å². The Hall–Kier alpha value is -2.03. The summed E-state index contributed by atoms with van der Waals surface area (Å²) < 4.78 is 13.3. The van der Waals surface area contributed by atoms with Crippen LogP contribution in [0.15, 0.2) is 42.7 Å². The van der Waals surface area contributed by atoms with Gasteiger partial charge in [0, 0.05) is 23.5 Å². The monoisotopic (exact) mass is 215 g/mol. The number of carbonyl (C=O) groups is 1. The lowest BCUT2D eigenvalue weighted by atomic mass is 10.0. The summed E-state index contributed by atoms with van der Waals surface area (Å²) in [6.07, 6.45) is 3.29. The third-order valence-corrected chi connectivity index (χ3v) is 2.30. The van der Waals surface area contributed by atoms with Crippen molar-refractivity contribution in [2.45, 2.75) is 6.92 Å². The standard InChI is InChI=1S/C13H10FNO/c1-9(16)11-5-12(7-13(14)6-11)10-3-2-4-15-8-10/h2-8H,1H3. The van der Waals surface area contributed by atoms with Crippen molar-refractivity contribution in [3.05, 3.63) is 54.1 Å². The van der Waals surface area contributed by atoms with Crippen LogP contribution in [0.3, 0.4) is 0 Å². The third kappa shape index (κ3) is 2.14. The first-order valence-electron chi connectivity index (χ1n) is 4.89. The van der Waals surface area contributed by atoms with Gasteiger partial charge in [-0.05, 0) is 36.8 Å². The Morgan fingerprint density at radius 3 is 2.69 bits per heavy atom. The van der Waals surface area contributed by atoms with Gasteiger partial charge in [-0.1, -0.05) is 6.07 Å². The first kappa shape index (κ1) is 10.5. The number of ketones is 1. The van der Waals surface area contributed by atoms with Gasteiger partial charge in [-0.15, -0.1) is 0 Å². The molecule has 0 N–H and O–H groups in total. The van der Waals surface area contributed by atoms with Crippen molar-refractivity contribution in [3.63, 3.8) is 0 Å². The average Bonchev–Trinajstić information content (AvgIpc) is 2.29. The van der Waals surface area contributed by atoms with Crippen molar-refractivity contribution in [3.8, 4) is 11.1 Å². The summed E-state index contributed by atoms with van der Waals surface area (Å²) in [6.45, 7) is 1.42. The fourth-order valence-electron chi connectivity index (χ4n) is 1.49. The Bertz CT molecular complexity index is 523. The van der Waals surface area contributed by atoms with Crippen molar-refractivity contribution < 1.29 is 9.18 Å². The molecule has 2 rings (SSSR count). The molecule has 16 heavy (non-hydrogen) atoms. The van der Waals surface area contributed by atoms with E-state index in [2.05, 4.69) is 4.98 Å². The van der Waals surface area contributed by atoms with E-state index in [1.54, 1.807) is 24.5 Å². The zero-order valence-corrected chi connectivity index (χ0v) is 8.77. The van der Waals surface area contributed by atoms with Crippen LogP contribution in [0.1, 0.15) is 17.3 Å². The summed E-state index contributed by atoms with van der Waals surface area (Å²) in [5.74, 6) is -0.559. The molecule has 0 saturated carbocycles. The zero-order valence-electron chi connectivity index (χ0n) is 8.77. The molecule has 0 amide bonds. The zero-order chi connectivity index (χ0) is 11.5. The van der Waals surface area contributed by atoms with Crippen LogP contribution < -0.4 is 0 Å². The maximum Gasteiger partial charge on any atom is 0.159 e. The van der Waals surface area contributed by atoms with Crippen LogP contribution in [0.25, 0.3) is 11.1 Å². The van der Waals surface area contributed by atoms with Gasteiger partial charge in [-0.2, -0.15) is 0 Å². The lowest BCUT2D eigenvalue weighted by Gasteiger charge is -2.03. The molecule has 3 heteroatoms. The number of carbonyl (C=O) groups excluding carboxylic acids is 1. The molecule has 0 fully saturated rings. The van der Waals surface area contributed by atoms with Crippen LogP contribution in [0.4, 0.5) is 4.39 Å². The van der Waals surface area contributed by atoms with Crippen LogP contribution >= 0.6 is 0 Å². The quantitative estimate of drug-likeness (QED) is 0.720. The number of Topliss-reactive ketones (excluding diaryl/α,β-unsaturated/α-hetero) is 1. The van der Waals surface area contributed by atoms with E-state index in [0.29, 0.717) is 11.1 Å². The summed E-state index contributed by atoms with van der Waals surface area (Å²) >= 11 is 0. The SMILES string of the molecule is CC(=O)c1cc(F)cc(-c2cccnc2)c1. The second-order valence-electron chi connectivity index (χ2n) is 3.53. The largest absolute Gasteiger partial charge is 0.295 e. The van der Waals surface area contributed by atoms with Crippen molar-refractivity contribution in [1.29, 1.82) is 0 Å². The topological polar surface area (TPSA) is 30.0 Å². The molecular formula is C13H10FNO. The normalized spacial score (nSPS) is 10.1. The Morgan fingerprint density at radius 1 is 1.25 bits per heavy atom. The minimum atomic E-state index is -0.411. The van der Waals surface area contributed by atoms with Crippen LogP contribution in [-0.4, -0.2) is 10.8 Å². The third-order valence-electron chi connectivity index (χ3n) is 2.30. The predicted octanol–water partition coefficient (Wildman–Crippen LogP) is 3.09. The molecule has 1 heterocycles. The second-order valence-corrected chi connectivity index (χ2v) is 3.53. The van der Waals surface area contributed by atoms with Gasteiger partial charge in [0.1, 0.15) is 5.82 Å². The van der Waals surface area contributed by atoms with Crippen LogP contribution in [-0.2, 0) is 0 Å². The molecule has 80 valence electrons. The minimum absolute atomic E-state index is 0.148. The van der Waals surface area contributed by atoms with Crippen molar-refractivity contribution in [2.75, 3.05) is 0 Å². The number of hydrogen-bond donors (Lipinski definition) is 0. The minimum Gasteiger partial charge on any atom is -0.295 e. The summed E-state index contributed by atoms with van der Waals surface area (Å²) in [5, 5.41) is 0. The van der Waals surface area contributed by atoms with Gasteiger partial charge in [0.05, 0.1) is 0 Å².